The Bertz CT molecular complexity index is 488. The molecule has 0 radical (unpaired) electrons. The number of amides is 1. The minimum absolute atomic E-state index is 0.0848. The Morgan fingerprint density at radius 3 is 2.37 bits per heavy atom. The molecule has 1 rings (SSSR count). The maximum absolute atomic E-state index is 13.7. The van der Waals surface area contributed by atoms with Crippen LogP contribution in [-0.4, -0.2) is 25.2 Å². The maximum Gasteiger partial charge on any atom is 0.405 e. The molecule has 0 unspecified atom stereocenters. The first-order chi connectivity index (χ1) is 8.65. The molecule has 0 aliphatic carbocycles. The molecule has 0 atom stereocenters. The average Bonchev–Trinajstić information content (AvgIpc) is 2.24. The number of rotatable bonds is 4. The molecule has 0 saturated heterocycles. The molecule has 1 aromatic carbocycles. The molecule has 0 heterocycles. The van der Waals surface area contributed by atoms with Gasteiger partial charge in [0.25, 0.3) is 5.91 Å². The molecule has 0 fully saturated rings. The van der Waals surface area contributed by atoms with Gasteiger partial charge in [0.05, 0.1) is 11.3 Å². The van der Waals surface area contributed by atoms with Gasteiger partial charge in [0.15, 0.2) is 0 Å². The largest absolute Gasteiger partial charge is 0.405 e. The summed E-state index contributed by atoms with van der Waals surface area (Å²) in [6, 6.07) is 1.72. The second-order valence-electron chi connectivity index (χ2n) is 3.88. The molecule has 0 bridgehead atoms. The number of anilines is 2. The Morgan fingerprint density at radius 1 is 1.37 bits per heavy atom. The van der Waals surface area contributed by atoms with Crippen molar-refractivity contribution in [2.45, 2.75) is 13.1 Å². The van der Waals surface area contributed by atoms with Crippen molar-refractivity contribution in [3.05, 3.63) is 23.5 Å². The van der Waals surface area contributed by atoms with Gasteiger partial charge in [-0.2, -0.15) is 13.2 Å². The predicted molar refractivity (Wildman–Crippen MR) is 63.3 cm³/mol. The second-order valence-corrected chi connectivity index (χ2v) is 3.88. The fourth-order valence-electron chi connectivity index (χ4n) is 1.62. The van der Waals surface area contributed by atoms with Gasteiger partial charge < -0.3 is 16.4 Å². The quantitative estimate of drug-likeness (QED) is 0.653. The van der Waals surface area contributed by atoms with E-state index in [9.17, 15) is 22.4 Å². The number of carbonyl (C=O) groups excluding carboxylic acids is 1. The van der Waals surface area contributed by atoms with E-state index in [4.69, 9.17) is 11.5 Å². The number of primary amides is 1. The molecule has 4 N–H and O–H groups in total. The van der Waals surface area contributed by atoms with Crippen molar-refractivity contribution in [1.29, 1.82) is 0 Å². The van der Waals surface area contributed by atoms with Gasteiger partial charge in [-0.05, 0) is 19.1 Å². The number of nitrogen functional groups attached to an aromatic ring is 1. The molecule has 1 amide bonds. The molecule has 0 aliphatic rings. The lowest BCUT2D eigenvalue weighted by atomic mass is 10.1. The molecule has 0 aliphatic heterocycles. The molecule has 1 aromatic rings. The number of nitrogens with zero attached hydrogens (tertiary/aromatic N) is 1. The van der Waals surface area contributed by atoms with E-state index in [0.29, 0.717) is 0 Å². The predicted octanol–water partition coefficient (Wildman–Crippen LogP) is 1.90. The summed E-state index contributed by atoms with van der Waals surface area (Å²) in [5, 5.41) is 0. The Morgan fingerprint density at radius 2 is 1.95 bits per heavy atom. The van der Waals surface area contributed by atoms with Gasteiger partial charge in [0.2, 0.25) is 0 Å². The molecule has 19 heavy (non-hydrogen) atoms. The van der Waals surface area contributed by atoms with Gasteiger partial charge in [-0.3, -0.25) is 4.79 Å². The molecule has 106 valence electrons. The van der Waals surface area contributed by atoms with Gasteiger partial charge in [-0.15, -0.1) is 0 Å². The SMILES string of the molecule is CCN(CC(F)(F)F)c1cc(C(N)=O)c(N)cc1F. The number of alkyl halides is 3. The summed E-state index contributed by atoms with van der Waals surface area (Å²) in [6.45, 7) is 0.0204. The number of nitrogens with two attached hydrogens (primary N) is 2. The molecule has 0 spiro atoms. The minimum Gasteiger partial charge on any atom is -0.398 e. The lowest BCUT2D eigenvalue weighted by Gasteiger charge is -2.25. The first-order valence-corrected chi connectivity index (χ1v) is 5.36. The third-order valence-electron chi connectivity index (χ3n) is 2.48. The van der Waals surface area contributed by atoms with Gasteiger partial charge in [0.1, 0.15) is 12.4 Å². The van der Waals surface area contributed by atoms with E-state index >= 15 is 0 Å². The van der Waals surface area contributed by atoms with Crippen LogP contribution in [0.3, 0.4) is 0 Å². The van der Waals surface area contributed by atoms with Crippen molar-refractivity contribution in [3.8, 4) is 0 Å². The zero-order chi connectivity index (χ0) is 14.8. The third kappa shape index (κ3) is 3.73. The summed E-state index contributed by atoms with van der Waals surface area (Å²) in [6.07, 6.45) is -4.49. The average molecular weight is 279 g/mol. The molecule has 4 nitrogen and oxygen atoms in total. The number of halogens is 4. The van der Waals surface area contributed by atoms with Crippen LogP contribution in [0.4, 0.5) is 28.9 Å². The highest BCUT2D eigenvalue weighted by Crippen LogP contribution is 2.28. The Kier molecular flexibility index (Phi) is 4.23. The van der Waals surface area contributed by atoms with E-state index in [-0.39, 0.29) is 23.5 Å². The highest BCUT2D eigenvalue weighted by Gasteiger charge is 2.31. The van der Waals surface area contributed by atoms with E-state index in [2.05, 4.69) is 0 Å². The summed E-state index contributed by atoms with van der Waals surface area (Å²) >= 11 is 0. The highest BCUT2D eigenvalue weighted by molar-refractivity contribution is 5.99. The van der Waals surface area contributed by atoms with Crippen LogP contribution in [0.1, 0.15) is 17.3 Å². The van der Waals surface area contributed by atoms with E-state index < -0.39 is 24.4 Å². The standard InChI is InChI=1S/C11H13F4N3O/c1-2-18(5-11(13,14)15)9-3-6(10(17)19)8(16)4-7(9)12/h3-4H,2,5,16H2,1H3,(H2,17,19). The van der Waals surface area contributed by atoms with E-state index in [1.54, 1.807) is 0 Å². The highest BCUT2D eigenvalue weighted by atomic mass is 19.4. The Labute approximate surface area is 107 Å². The van der Waals surface area contributed by atoms with Crippen molar-refractivity contribution in [2.75, 3.05) is 23.7 Å². The van der Waals surface area contributed by atoms with Gasteiger partial charge in [-0.1, -0.05) is 0 Å². The number of hydrogen-bond donors (Lipinski definition) is 2. The summed E-state index contributed by atoms with van der Waals surface area (Å²) in [5.74, 6) is -1.87. The first kappa shape index (κ1) is 15.1. The second kappa shape index (κ2) is 5.33. The van der Waals surface area contributed by atoms with Crippen molar-refractivity contribution >= 4 is 17.3 Å². The van der Waals surface area contributed by atoms with Crippen LogP contribution in [0.15, 0.2) is 12.1 Å². The zero-order valence-electron chi connectivity index (χ0n) is 10.1. The third-order valence-corrected chi connectivity index (χ3v) is 2.48. The van der Waals surface area contributed by atoms with Crippen molar-refractivity contribution in [1.82, 2.24) is 0 Å². The van der Waals surface area contributed by atoms with Crippen molar-refractivity contribution in [2.24, 2.45) is 5.73 Å². The van der Waals surface area contributed by atoms with Crippen molar-refractivity contribution < 1.29 is 22.4 Å². The fourth-order valence-corrected chi connectivity index (χ4v) is 1.62. The van der Waals surface area contributed by atoms with Gasteiger partial charge in [-0.25, -0.2) is 4.39 Å². The molecule has 0 aromatic heterocycles. The van der Waals surface area contributed by atoms with Crippen LogP contribution >= 0.6 is 0 Å². The smallest absolute Gasteiger partial charge is 0.398 e. The normalized spacial score (nSPS) is 11.4. The van der Waals surface area contributed by atoms with Crippen LogP contribution in [-0.2, 0) is 0 Å². The molecule has 8 heteroatoms. The van der Waals surface area contributed by atoms with E-state index in [0.717, 1.165) is 17.0 Å². The van der Waals surface area contributed by atoms with Crippen LogP contribution in [0.2, 0.25) is 0 Å². The van der Waals surface area contributed by atoms with E-state index in [1.165, 1.54) is 6.92 Å². The minimum atomic E-state index is -4.49. The number of carbonyl (C=O) groups is 1. The number of hydrogen-bond acceptors (Lipinski definition) is 3. The Hall–Kier alpha value is -1.99. The molecular weight excluding hydrogens is 266 g/mol. The van der Waals surface area contributed by atoms with Gasteiger partial charge in [0, 0.05) is 12.2 Å². The molecular formula is C11H13F4N3O. The first-order valence-electron chi connectivity index (χ1n) is 5.36. The van der Waals surface area contributed by atoms with Gasteiger partial charge >= 0.3 is 6.18 Å². The number of benzene rings is 1. The Balaban J connectivity index is 3.24. The zero-order valence-corrected chi connectivity index (χ0v) is 10.1. The fraction of sp³-hybridized carbons (Fsp3) is 0.364. The maximum atomic E-state index is 13.7. The van der Waals surface area contributed by atoms with Crippen LogP contribution < -0.4 is 16.4 Å². The summed E-state index contributed by atoms with van der Waals surface area (Å²) in [7, 11) is 0. The van der Waals surface area contributed by atoms with Crippen LogP contribution in [0, 0.1) is 5.82 Å². The summed E-state index contributed by atoms with van der Waals surface area (Å²) in [5.41, 5.74) is 9.62. The lowest BCUT2D eigenvalue weighted by Crippen LogP contribution is -2.35. The topological polar surface area (TPSA) is 72.3 Å². The molecule has 0 saturated carbocycles. The van der Waals surface area contributed by atoms with E-state index in [1.807, 2.05) is 0 Å². The van der Waals surface area contributed by atoms with Crippen LogP contribution in [0.25, 0.3) is 0 Å². The lowest BCUT2D eigenvalue weighted by molar-refractivity contribution is -0.119. The monoisotopic (exact) mass is 279 g/mol. The summed E-state index contributed by atoms with van der Waals surface area (Å²) < 4.78 is 50.8. The van der Waals surface area contributed by atoms with Crippen molar-refractivity contribution in [3.63, 3.8) is 0 Å². The van der Waals surface area contributed by atoms with Crippen LogP contribution in [0.5, 0.6) is 0 Å². The summed E-state index contributed by atoms with van der Waals surface area (Å²) in [4.78, 5) is 11.8.